The van der Waals surface area contributed by atoms with E-state index in [1.165, 1.54) is 28.8 Å². The van der Waals surface area contributed by atoms with Crippen LogP contribution < -0.4 is 4.74 Å². The predicted octanol–water partition coefficient (Wildman–Crippen LogP) is 5.27. The van der Waals surface area contributed by atoms with E-state index in [1.807, 2.05) is 18.2 Å². The Bertz CT molecular complexity index is 801. The van der Waals surface area contributed by atoms with E-state index in [0.717, 1.165) is 25.0 Å². The Kier molecular flexibility index (Phi) is 15.2. The first kappa shape index (κ1) is 28.4. The molecule has 0 N–H and O–H groups in total. The van der Waals surface area contributed by atoms with Crippen LogP contribution in [0.2, 0.25) is 0 Å². The average Bonchev–Trinajstić information content (AvgIpc) is 2.77. The summed E-state index contributed by atoms with van der Waals surface area (Å²) in [6.07, 6.45) is 10.9. The van der Waals surface area contributed by atoms with Crippen molar-refractivity contribution in [1.29, 1.82) is 0 Å². The number of rotatable bonds is 14. The van der Waals surface area contributed by atoms with Crippen molar-refractivity contribution in [2.75, 3.05) is 20.3 Å². The van der Waals surface area contributed by atoms with Gasteiger partial charge in [-0.15, -0.1) is 19.7 Å². The lowest BCUT2D eigenvalue weighted by atomic mass is 9.98. The number of ether oxygens (including phenoxy) is 3. The monoisotopic (exact) mass is 438 g/mol. The Morgan fingerprint density at radius 1 is 0.812 bits per heavy atom. The molecule has 0 saturated carbocycles. The SMILES string of the molecule is C=CCOC(=O)CC(=C)C(=O)OCC=C.C=CCc1cc(CC=C)c(OC)c(CC=C)c1. The van der Waals surface area contributed by atoms with E-state index in [4.69, 9.17) is 4.74 Å². The molecule has 0 aliphatic heterocycles. The van der Waals surface area contributed by atoms with Crippen LogP contribution in [0.3, 0.4) is 0 Å². The Labute approximate surface area is 192 Å². The third-order valence-corrected chi connectivity index (χ3v) is 3.96. The molecule has 0 aliphatic carbocycles. The zero-order chi connectivity index (χ0) is 24.4. The zero-order valence-electron chi connectivity index (χ0n) is 19.1. The Hall–Kier alpha value is -3.60. The summed E-state index contributed by atoms with van der Waals surface area (Å²) in [4.78, 5) is 22.1. The largest absolute Gasteiger partial charge is 0.496 e. The molecule has 172 valence electrons. The fourth-order valence-electron chi connectivity index (χ4n) is 2.67. The number of carbonyl (C=O) groups excluding carboxylic acids is 2. The lowest BCUT2D eigenvalue weighted by molar-refractivity contribution is -0.145. The van der Waals surface area contributed by atoms with Crippen molar-refractivity contribution in [3.63, 3.8) is 0 Å². The third-order valence-electron chi connectivity index (χ3n) is 3.96. The van der Waals surface area contributed by atoms with Crippen molar-refractivity contribution < 1.29 is 23.8 Å². The highest BCUT2D eigenvalue weighted by molar-refractivity contribution is 5.93. The second kappa shape index (κ2) is 17.1. The van der Waals surface area contributed by atoms with E-state index in [2.05, 4.69) is 61.1 Å². The van der Waals surface area contributed by atoms with Gasteiger partial charge >= 0.3 is 11.9 Å². The van der Waals surface area contributed by atoms with Gasteiger partial charge in [-0.3, -0.25) is 4.79 Å². The van der Waals surface area contributed by atoms with Crippen molar-refractivity contribution >= 4 is 11.9 Å². The summed E-state index contributed by atoms with van der Waals surface area (Å²) in [5.41, 5.74) is 3.68. The molecular weight excluding hydrogens is 404 g/mol. The molecular formula is C27H34O5. The third kappa shape index (κ3) is 11.0. The Balaban J connectivity index is 0.000000607. The lowest BCUT2D eigenvalue weighted by Gasteiger charge is -2.14. The molecule has 0 aliphatic rings. The van der Waals surface area contributed by atoms with E-state index in [-0.39, 0.29) is 25.2 Å². The van der Waals surface area contributed by atoms with Crippen LogP contribution in [0, 0.1) is 0 Å². The molecule has 1 rings (SSSR count). The van der Waals surface area contributed by atoms with Crippen molar-refractivity contribution in [2.24, 2.45) is 0 Å². The van der Waals surface area contributed by atoms with Gasteiger partial charge < -0.3 is 14.2 Å². The maximum Gasteiger partial charge on any atom is 0.334 e. The van der Waals surface area contributed by atoms with Gasteiger partial charge in [0.1, 0.15) is 19.0 Å². The number of methoxy groups -OCH3 is 1. The molecule has 0 heterocycles. The number of carbonyl (C=O) groups is 2. The minimum atomic E-state index is -0.620. The fraction of sp³-hybridized carbons (Fsp3) is 0.259. The summed E-state index contributed by atoms with van der Waals surface area (Å²) in [5.74, 6) is -0.196. The summed E-state index contributed by atoms with van der Waals surface area (Å²) >= 11 is 0. The summed E-state index contributed by atoms with van der Waals surface area (Å²) in [6.45, 7) is 21.8. The topological polar surface area (TPSA) is 61.8 Å². The molecule has 5 nitrogen and oxygen atoms in total. The van der Waals surface area contributed by atoms with Gasteiger partial charge in [0.2, 0.25) is 0 Å². The standard InChI is InChI=1S/C16H20O.C11H14O4/c1-5-8-13-11-14(9-6-2)16(17-4)15(12-13)10-7-3;1-4-6-14-10(12)8-9(3)11(13)15-7-5-2/h5-7,11-12H,1-3,8-10H2,4H3;4-5H,1-3,6-8H2. The van der Waals surface area contributed by atoms with Crippen LogP contribution in [0.5, 0.6) is 5.75 Å². The molecule has 0 bridgehead atoms. The molecule has 0 spiro atoms. The van der Waals surface area contributed by atoms with Gasteiger partial charge in [0.05, 0.1) is 13.5 Å². The van der Waals surface area contributed by atoms with Crippen LogP contribution in [-0.2, 0) is 38.3 Å². The average molecular weight is 439 g/mol. The summed E-state index contributed by atoms with van der Waals surface area (Å²) in [5, 5.41) is 0. The molecule has 0 unspecified atom stereocenters. The molecule has 0 fully saturated rings. The van der Waals surface area contributed by atoms with Crippen LogP contribution in [-0.4, -0.2) is 32.3 Å². The number of allylic oxidation sites excluding steroid dienone is 3. The normalized spacial score (nSPS) is 9.28. The number of benzene rings is 1. The van der Waals surface area contributed by atoms with Crippen LogP contribution in [0.25, 0.3) is 0 Å². The molecule has 0 amide bonds. The Morgan fingerprint density at radius 2 is 1.31 bits per heavy atom. The molecule has 0 saturated heterocycles. The van der Waals surface area contributed by atoms with Gasteiger partial charge in [-0.2, -0.15) is 0 Å². The molecule has 0 aromatic heterocycles. The van der Waals surface area contributed by atoms with E-state index in [1.54, 1.807) is 7.11 Å². The highest BCUT2D eigenvalue weighted by atomic mass is 16.5. The lowest BCUT2D eigenvalue weighted by Crippen LogP contribution is -2.13. The first-order valence-corrected chi connectivity index (χ1v) is 10.1. The number of esters is 2. The highest BCUT2D eigenvalue weighted by Gasteiger charge is 2.13. The van der Waals surface area contributed by atoms with Gasteiger partial charge in [-0.05, 0) is 36.0 Å². The maximum atomic E-state index is 11.1. The molecule has 1 aromatic carbocycles. The van der Waals surface area contributed by atoms with Gasteiger partial charge in [-0.25, -0.2) is 4.79 Å². The van der Waals surface area contributed by atoms with Crippen molar-refractivity contribution in [1.82, 2.24) is 0 Å². The quantitative estimate of drug-likeness (QED) is 0.225. The zero-order valence-corrected chi connectivity index (χ0v) is 19.1. The number of hydrogen-bond donors (Lipinski definition) is 0. The van der Waals surface area contributed by atoms with Gasteiger partial charge in [0.15, 0.2) is 0 Å². The summed E-state index contributed by atoms with van der Waals surface area (Å²) in [7, 11) is 1.71. The predicted molar refractivity (Wildman–Crippen MR) is 131 cm³/mol. The Morgan fingerprint density at radius 3 is 1.75 bits per heavy atom. The summed E-state index contributed by atoms with van der Waals surface area (Å²) < 4.78 is 14.8. The minimum absolute atomic E-state index is 0.0610. The second-order valence-electron chi connectivity index (χ2n) is 6.56. The first-order chi connectivity index (χ1) is 15.4. The molecule has 0 radical (unpaired) electrons. The van der Waals surface area contributed by atoms with E-state index >= 15 is 0 Å². The van der Waals surface area contributed by atoms with Gasteiger partial charge in [0, 0.05) is 5.57 Å². The van der Waals surface area contributed by atoms with Gasteiger partial charge in [-0.1, -0.05) is 62.2 Å². The van der Waals surface area contributed by atoms with Crippen LogP contribution >= 0.6 is 0 Å². The number of hydrogen-bond acceptors (Lipinski definition) is 5. The van der Waals surface area contributed by atoms with Crippen LogP contribution in [0.1, 0.15) is 23.1 Å². The van der Waals surface area contributed by atoms with Crippen LogP contribution in [0.15, 0.2) is 87.6 Å². The van der Waals surface area contributed by atoms with E-state index < -0.39 is 11.9 Å². The minimum Gasteiger partial charge on any atom is -0.496 e. The van der Waals surface area contributed by atoms with Crippen LogP contribution in [0.4, 0.5) is 0 Å². The highest BCUT2D eigenvalue weighted by Crippen LogP contribution is 2.27. The van der Waals surface area contributed by atoms with Crippen molar-refractivity contribution in [2.45, 2.75) is 25.7 Å². The smallest absolute Gasteiger partial charge is 0.334 e. The molecule has 0 atom stereocenters. The van der Waals surface area contributed by atoms with Gasteiger partial charge in [0.25, 0.3) is 0 Å². The van der Waals surface area contributed by atoms with E-state index in [9.17, 15) is 9.59 Å². The second-order valence-corrected chi connectivity index (χ2v) is 6.56. The first-order valence-electron chi connectivity index (χ1n) is 10.1. The molecule has 32 heavy (non-hydrogen) atoms. The maximum absolute atomic E-state index is 11.1. The molecule has 5 heteroatoms. The molecule has 1 aromatic rings. The van der Waals surface area contributed by atoms with Crippen molar-refractivity contribution in [3.8, 4) is 5.75 Å². The fourth-order valence-corrected chi connectivity index (χ4v) is 2.67. The summed E-state index contributed by atoms with van der Waals surface area (Å²) in [6, 6.07) is 4.32. The van der Waals surface area contributed by atoms with Crippen molar-refractivity contribution in [3.05, 3.63) is 104 Å². The van der Waals surface area contributed by atoms with E-state index in [0.29, 0.717) is 0 Å².